The Bertz CT molecular complexity index is 123. The summed E-state index contributed by atoms with van der Waals surface area (Å²) >= 11 is 0. The van der Waals surface area contributed by atoms with Crippen molar-refractivity contribution < 1.29 is 9.90 Å². The van der Waals surface area contributed by atoms with Crippen molar-refractivity contribution in [2.45, 2.75) is 19.3 Å². The number of nitrogens with one attached hydrogen (secondary N) is 1. The molecule has 0 amide bonds. The van der Waals surface area contributed by atoms with E-state index in [-0.39, 0.29) is 6.42 Å². The molecule has 0 atom stereocenters. The molecule has 0 saturated heterocycles. The quantitative estimate of drug-likeness (QED) is 0.293. The maximum absolute atomic E-state index is 9.97. The van der Waals surface area contributed by atoms with Gasteiger partial charge in [-0.05, 0) is 12.8 Å². The molecular weight excluding hydrogens is 132 g/mol. The average Bonchev–Trinajstić information content (AvgIpc) is 1.87. The van der Waals surface area contributed by atoms with Gasteiger partial charge in [-0.15, -0.1) is 0 Å². The van der Waals surface area contributed by atoms with Crippen LogP contribution < -0.4 is 11.3 Å². The van der Waals surface area contributed by atoms with Gasteiger partial charge in [-0.2, -0.15) is 0 Å². The van der Waals surface area contributed by atoms with Crippen LogP contribution in [-0.4, -0.2) is 11.1 Å². The van der Waals surface area contributed by atoms with Crippen molar-refractivity contribution >= 4 is 5.97 Å². The van der Waals surface area contributed by atoms with Gasteiger partial charge in [0.05, 0.1) is 0 Å². The van der Waals surface area contributed by atoms with Gasteiger partial charge in [-0.1, -0.05) is 6.08 Å². The first kappa shape index (κ1) is 8.97. The van der Waals surface area contributed by atoms with Gasteiger partial charge < -0.3 is 10.5 Å². The number of aliphatic carboxylic acids is 1. The number of unbranched alkanes of at least 4 members (excludes halogenated alkanes) is 1. The number of rotatable bonds is 5. The minimum Gasteiger partial charge on any atom is -0.481 e. The summed E-state index contributed by atoms with van der Waals surface area (Å²) in [5.41, 5.74) is 2.33. The number of hydrogen-bond donors (Lipinski definition) is 3. The Morgan fingerprint density at radius 2 is 2.40 bits per heavy atom. The van der Waals surface area contributed by atoms with Gasteiger partial charge in [0.2, 0.25) is 0 Å². The number of carboxylic acid groups (broad SMARTS) is 1. The zero-order valence-corrected chi connectivity index (χ0v) is 5.71. The monoisotopic (exact) mass is 144 g/mol. The Labute approximate surface area is 59.7 Å². The summed E-state index contributed by atoms with van der Waals surface area (Å²) in [4.78, 5) is 9.97. The van der Waals surface area contributed by atoms with E-state index in [2.05, 4.69) is 5.43 Å². The number of allylic oxidation sites excluding steroid dienone is 1. The molecule has 0 aliphatic rings. The van der Waals surface area contributed by atoms with E-state index in [0.717, 1.165) is 6.42 Å². The fourth-order valence-corrected chi connectivity index (χ4v) is 0.523. The van der Waals surface area contributed by atoms with Crippen molar-refractivity contribution in [3.05, 3.63) is 12.3 Å². The maximum atomic E-state index is 9.97. The minimum absolute atomic E-state index is 0.217. The molecule has 0 aromatic heterocycles. The van der Waals surface area contributed by atoms with Crippen LogP contribution in [0.4, 0.5) is 0 Å². The fourth-order valence-electron chi connectivity index (χ4n) is 0.523. The van der Waals surface area contributed by atoms with Gasteiger partial charge in [0.25, 0.3) is 0 Å². The van der Waals surface area contributed by atoms with Crippen molar-refractivity contribution in [3.63, 3.8) is 0 Å². The van der Waals surface area contributed by atoms with Crippen LogP contribution in [0, 0.1) is 0 Å². The van der Waals surface area contributed by atoms with Gasteiger partial charge in [0.1, 0.15) is 0 Å². The highest BCUT2D eigenvalue weighted by atomic mass is 16.4. The van der Waals surface area contributed by atoms with E-state index in [1.807, 2.05) is 0 Å². The standard InChI is InChI=1S/C6H12N2O2/c7-8-5-3-1-2-4-6(9)10/h3,5,8H,1-2,4,7H2,(H,9,10). The second kappa shape index (κ2) is 6.10. The number of hydrazine groups is 1. The van der Waals surface area contributed by atoms with Crippen molar-refractivity contribution in [1.29, 1.82) is 0 Å². The van der Waals surface area contributed by atoms with E-state index in [1.165, 1.54) is 0 Å². The molecule has 0 aromatic carbocycles. The lowest BCUT2D eigenvalue weighted by molar-refractivity contribution is -0.137. The Kier molecular flexibility index (Phi) is 5.47. The predicted molar refractivity (Wildman–Crippen MR) is 37.9 cm³/mol. The molecule has 4 heteroatoms. The van der Waals surface area contributed by atoms with Gasteiger partial charge >= 0.3 is 5.97 Å². The van der Waals surface area contributed by atoms with Crippen LogP contribution in [0.15, 0.2) is 12.3 Å². The average molecular weight is 144 g/mol. The molecule has 0 rings (SSSR count). The van der Waals surface area contributed by atoms with E-state index in [4.69, 9.17) is 10.9 Å². The highest BCUT2D eigenvalue weighted by Crippen LogP contribution is 1.94. The minimum atomic E-state index is -0.755. The third-order valence-corrected chi connectivity index (χ3v) is 0.976. The first-order valence-electron chi connectivity index (χ1n) is 3.10. The SMILES string of the molecule is NNC=CCCCC(=O)O. The highest BCUT2D eigenvalue weighted by molar-refractivity contribution is 5.66. The van der Waals surface area contributed by atoms with Gasteiger partial charge in [0.15, 0.2) is 0 Å². The fraction of sp³-hybridized carbons (Fsp3) is 0.500. The second-order valence-corrected chi connectivity index (χ2v) is 1.86. The number of carbonyl (C=O) groups is 1. The van der Waals surface area contributed by atoms with Gasteiger partial charge in [0, 0.05) is 12.6 Å². The normalized spacial score (nSPS) is 10.1. The summed E-state index contributed by atoms with van der Waals surface area (Å²) in [7, 11) is 0. The molecule has 0 fully saturated rings. The summed E-state index contributed by atoms with van der Waals surface area (Å²) in [6, 6.07) is 0. The molecule has 58 valence electrons. The highest BCUT2D eigenvalue weighted by Gasteiger charge is 1.92. The van der Waals surface area contributed by atoms with Crippen LogP contribution in [0.3, 0.4) is 0 Å². The molecule has 0 spiro atoms. The number of carboxylic acids is 1. The van der Waals surface area contributed by atoms with Crippen molar-refractivity contribution in [3.8, 4) is 0 Å². The predicted octanol–water partition coefficient (Wildman–Crippen LogP) is 0.218. The molecule has 0 bridgehead atoms. The summed E-state index contributed by atoms with van der Waals surface area (Å²) in [6.45, 7) is 0. The molecular formula is C6H12N2O2. The van der Waals surface area contributed by atoms with Crippen LogP contribution in [-0.2, 0) is 4.79 Å². The molecule has 4 N–H and O–H groups in total. The zero-order chi connectivity index (χ0) is 7.82. The third-order valence-electron chi connectivity index (χ3n) is 0.976. The van der Waals surface area contributed by atoms with Gasteiger partial charge in [-0.25, -0.2) is 0 Å². The lowest BCUT2D eigenvalue weighted by Crippen LogP contribution is -2.12. The van der Waals surface area contributed by atoms with Crippen LogP contribution in [0.2, 0.25) is 0 Å². The smallest absolute Gasteiger partial charge is 0.303 e. The summed E-state index contributed by atoms with van der Waals surface area (Å²) < 4.78 is 0. The molecule has 0 heterocycles. The summed E-state index contributed by atoms with van der Waals surface area (Å²) in [5.74, 6) is 4.16. The van der Waals surface area contributed by atoms with Crippen LogP contribution in [0.5, 0.6) is 0 Å². The Hall–Kier alpha value is -1.03. The largest absolute Gasteiger partial charge is 0.481 e. The molecule has 0 radical (unpaired) electrons. The molecule has 10 heavy (non-hydrogen) atoms. The van der Waals surface area contributed by atoms with Crippen LogP contribution >= 0.6 is 0 Å². The van der Waals surface area contributed by atoms with E-state index in [0.29, 0.717) is 6.42 Å². The van der Waals surface area contributed by atoms with E-state index in [1.54, 1.807) is 12.3 Å². The van der Waals surface area contributed by atoms with Crippen LogP contribution in [0.25, 0.3) is 0 Å². The summed E-state index contributed by atoms with van der Waals surface area (Å²) in [5, 5.41) is 8.21. The third kappa shape index (κ3) is 6.97. The lowest BCUT2D eigenvalue weighted by atomic mass is 10.2. The van der Waals surface area contributed by atoms with Crippen LogP contribution in [0.1, 0.15) is 19.3 Å². The van der Waals surface area contributed by atoms with E-state index in [9.17, 15) is 4.79 Å². The number of nitrogens with two attached hydrogens (primary N) is 1. The maximum Gasteiger partial charge on any atom is 0.303 e. The second-order valence-electron chi connectivity index (χ2n) is 1.86. The first-order valence-corrected chi connectivity index (χ1v) is 3.10. The lowest BCUT2D eigenvalue weighted by Gasteiger charge is -1.89. The molecule has 0 aliphatic carbocycles. The van der Waals surface area contributed by atoms with E-state index < -0.39 is 5.97 Å². The van der Waals surface area contributed by atoms with Crippen molar-refractivity contribution in [2.24, 2.45) is 5.84 Å². The summed E-state index contributed by atoms with van der Waals surface area (Å²) in [6.07, 6.45) is 5.00. The van der Waals surface area contributed by atoms with Crippen molar-refractivity contribution in [1.82, 2.24) is 5.43 Å². The Balaban J connectivity index is 3.05. The molecule has 4 nitrogen and oxygen atoms in total. The Morgan fingerprint density at radius 3 is 2.90 bits per heavy atom. The topological polar surface area (TPSA) is 75.3 Å². The van der Waals surface area contributed by atoms with Crippen molar-refractivity contribution in [2.75, 3.05) is 0 Å². The molecule has 0 aliphatic heterocycles. The molecule has 0 unspecified atom stereocenters. The number of hydrogen-bond acceptors (Lipinski definition) is 3. The van der Waals surface area contributed by atoms with Gasteiger partial charge in [-0.3, -0.25) is 10.6 Å². The zero-order valence-electron chi connectivity index (χ0n) is 5.71. The first-order chi connectivity index (χ1) is 4.77. The molecule has 0 saturated carbocycles. The molecule has 0 aromatic rings. The Morgan fingerprint density at radius 1 is 1.70 bits per heavy atom. The van der Waals surface area contributed by atoms with E-state index >= 15 is 0 Å².